The smallest absolute Gasteiger partial charge is 0.244 e. The van der Waals surface area contributed by atoms with Crippen molar-refractivity contribution in [2.75, 3.05) is 28.4 Å². The van der Waals surface area contributed by atoms with Gasteiger partial charge in [0.1, 0.15) is 23.1 Å². The van der Waals surface area contributed by atoms with Crippen LogP contribution < -0.4 is 29.4 Å². The van der Waals surface area contributed by atoms with Crippen molar-refractivity contribution in [1.29, 1.82) is 5.26 Å². The van der Waals surface area contributed by atoms with Crippen LogP contribution in [0, 0.1) is 11.3 Å². The van der Waals surface area contributed by atoms with Gasteiger partial charge in [0, 0.05) is 17.2 Å². The van der Waals surface area contributed by atoms with E-state index in [0.717, 1.165) is 5.56 Å². The SMILES string of the molecule is COc1cccc(-c2[nH]nc3c2C(c2cc(OC)c(OC)cc2OC)C(C#N)=C(N)O3)c1. The highest BCUT2D eigenvalue weighted by atomic mass is 16.5. The van der Waals surface area contributed by atoms with Crippen molar-refractivity contribution < 1.29 is 23.7 Å². The van der Waals surface area contributed by atoms with E-state index in [9.17, 15) is 5.26 Å². The summed E-state index contributed by atoms with van der Waals surface area (Å²) >= 11 is 0. The maximum absolute atomic E-state index is 9.98. The van der Waals surface area contributed by atoms with Gasteiger partial charge in [-0.2, -0.15) is 5.26 Å². The number of hydrogen-bond donors (Lipinski definition) is 2. The minimum Gasteiger partial charge on any atom is -0.497 e. The van der Waals surface area contributed by atoms with E-state index >= 15 is 0 Å². The van der Waals surface area contributed by atoms with Gasteiger partial charge in [-0.15, -0.1) is 5.10 Å². The Hall–Kier alpha value is -4.32. The van der Waals surface area contributed by atoms with Gasteiger partial charge in [0.05, 0.1) is 45.6 Å². The zero-order chi connectivity index (χ0) is 22.8. The first kappa shape index (κ1) is 20.9. The molecule has 0 radical (unpaired) electrons. The number of fused-ring (bicyclic) bond motifs is 1. The fraction of sp³-hybridized carbons (Fsp3) is 0.217. The molecule has 3 N–H and O–H groups in total. The Balaban J connectivity index is 2.00. The summed E-state index contributed by atoms with van der Waals surface area (Å²) in [5.74, 6) is 1.79. The van der Waals surface area contributed by atoms with Gasteiger partial charge >= 0.3 is 0 Å². The topological polar surface area (TPSA) is 125 Å². The lowest BCUT2D eigenvalue weighted by Gasteiger charge is -2.26. The van der Waals surface area contributed by atoms with E-state index in [1.807, 2.05) is 24.3 Å². The van der Waals surface area contributed by atoms with Crippen LogP contribution in [0.2, 0.25) is 0 Å². The van der Waals surface area contributed by atoms with Gasteiger partial charge in [-0.05, 0) is 18.2 Å². The molecule has 0 bridgehead atoms. The zero-order valence-corrected chi connectivity index (χ0v) is 18.1. The average Bonchev–Trinajstić information content (AvgIpc) is 3.25. The average molecular weight is 434 g/mol. The first-order valence-corrected chi connectivity index (χ1v) is 9.66. The van der Waals surface area contributed by atoms with Crippen molar-refractivity contribution in [3.05, 3.63) is 59.0 Å². The van der Waals surface area contributed by atoms with Gasteiger partial charge < -0.3 is 29.4 Å². The zero-order valence-electron chi connectivity index (χ0n) is 18.1. The van der Waals surface area contributed by atoms with Crippen LogP contribution in [0.3, 0.4) is 0 Å². The minimum absolute atomic E-state index is 0.0227. The molecule has 9 nitrogen and oxygen atoms in total. The summed E-state index contributed by atoms with van der Waals surface area (Å²) in [6.45, 7) is 0. The lowest BCUT2D eigenvalue weighted by atomic mass is 9.82. The normalized spacial score (nSPS) is 14.8. The van der Waals surface area contributed by atoms with Crippen molar-refractivity contribution in [2.45, 2.75) is 5.92 Å². The van der Waals surface area contributed by atoms with Crippen molar-refractivity contribution in [3.8, 4) is 46.2 Å². The summed E-state index contributed by atoms with van der Waals surface area (Å²) in [4.78, 5) is 0. The summed E-state index contributed by atoms with van der Waals surface area (Å²) in [7, 11) is 6.22. The third-order valence-corrected chi connectivity index (χ3v) is 5.34. The number of aromatic amines is 1. The predicted octanol–water partition coefficient (Wildman–Crippen LogP) is 3.33. The number of hydrogen-bond acceptors (Lipinski definition) is 8. The molecule has 0 fully saturated rings. The van der Waals surface area contributed by atoms with E-state index < -0.39 is 5.92 Å². The van der Waals surface area contributed by atoms with Crippen LogP contribution >= 0.6 is 0 Å². The Morgan fingerprint density at radius 1 is 1.00 bits per heavy atom. The lowest BCUT2D eigenvalue weighted by molar-refractivity contribution is 0.346. The van der Waals surface area contributed by atoms with Crippen molar-refractivity contribution in [1.82, 2.24) is 10.2 Å². The molecule has 2 heterocycles. The van der Waals surface area contributed by atoms with Crippen molar-refractivity contribution >= 4 is 0 Å². The van der Waals surface area contributed by atoms with Gasteiger partial charge in [-0.1, -0.05) is 12.1 Å². The van der Waals surface area contributed by atoms with E-state index in [4.69, 9.17) is 29.4 Å². The maximum Gasteiger partial charge on any atom is 0.244 e. The molecule has 1 unspecified atom stereocenters. The molecule has 1 atom stereocenters. The standard InChI is InChI=1S/C23H22N4O5/c1-28-13-7-5-6-12(8-13)21-20-19(15(11-24)22(25)32-23(20)27-26-21)14-9-17(30-3)18(31-4)10-16(14)29-2/h5-10,19H,25H2,1-4H3,(H,26,27). The fourth-order valence-electron chi connectivity index (χ4n) is 3.83. The highest BCUT2D eigenvalue weighted by Crippen LogP contribution is 2.50. The molecular formula is C23H22N4O5. The minimum atomic E-state index is -0.626. The number of benzene rings is 2. The molecule has 164 valence electrons. The summed E-state index contributed by atoms with van der Waals surface area (Å²) < 4.78 is 27.6. The van der Waals surface area contributed by atoms with Crippen LogP contribution in [0.1, 0.15) is 17.0 Å². The molecule has 2 aromatic carbocycles. The molecule has 1 aliphatic rings. The van der Waals surface area contributed by atoms with Crippen LogP contribution in [0.4, 0.5) is 0 Å². The van der Waals surface area contributed by atoms with Crippen LogP contribution in [0.5, 0.6) is 28.9 Å². The predicted molar refractivity (Wildman–Crippen MR) is 116 cm³/mol. The van der Waals surface area contributed by atoms with Gasteiger partial charge in [0.15, 0.2) is 11.5 Å². The van der Waals surface area contributed by atoms with Crippen LogP contribution in [-0.2, 0) is 0 Å². The Bertz CT molecular complexity index is 1240. The van der Waals surface area contributed by atoms with Crippen molar-refractivity contribution in [3.63, 3.8) is 0 Å². The molecule has 1 aliphatic heterocycles. The molecule has 0 saturated carbocycles. The molecule has 3 aromatic rings. The first-order valence-electron chi connectivity index (χ1n) is 9.66. The number of nitriles is 1. The number of nitrogens with two attached hydrogens (primary N) is 1. The Morgan fingerprint density at radius 2 is 1.72 bits per heavy atom. The first-order chi connectivity index (χ1) is 15.6. The second-order valence-corrected chi connectivity index (χ2v) is 6.92. The molecule has 0 spiro atoms. The Labute approximate surface area is 184 Å². The largest absolute Gasteiger partial charge is 0.497 e. The summed E-state index contributed by atoms with van der Waals surface area (Å²) in [5, 5.41) is 17.3. The molecule has 1 aromatic heterocycles. The molecule has 0 aliphatic carbocycles. The van der Waals surface area contributed by atoms with E-state index in [2.05, 4.69) is 16.3 Å². The molecule has 32 heavy (non-hydrogen) atoms. The number of aromatic nitrogens is 2. The van der Waals surface area contributed by atoms with Gasteiger partial charge in [0.25, 0.3) is 0 Å². The number of allylic oxidation sites excluding steroid dienone is 1. The summed E-state index contributed by atoms with van der Waals surface area (Å²) in [6.07, 6.45) is 0. The van der Waals surface area contributed by atoms with Gasteiger partial charge in [0.2, 0.25) is 11.8 Å². The Morgan fingerprint density at radius 3 is 2.38 bits per heavy atom. The van der Waals surface area contributed by atoms with E-state index in [1.54, 1.807) is 40.6 Å². The molecular weight excluding hydrogens is 412 g/mol. The number of H-pyrrole nitrogens is 1. The number of nitrogens with one attached hydrogen (secondary N) is 1. The van der Waals surface area contributed by atoms with E-state index in [-0.39, 0.29) is 17.3 Å². The molecule has 9 heteroatoms. The van der Waals surface area contributed by atoms with Crippen LogP contribution in [-0.4, -0.2) is 38.6 Å². The van der Waals surface area contributed by atoms with Gasteiger partial charge in [-0.25, -0.2) is 0 Å². The molecule has 4 rings (SSSR count). The highest BCUT2D eigenvalue weighted by Gasteiger charge is 2.38. The molecule has 0 saturated heterocycles. The monoisotopic (exact) mass is 434 g/mol. The number of methoxy groups -OCH3 is 4. The second kappa shape index (κ2) is 8.43. The number of ether oxygens (including phenoxy) is 5. The third-order valence-electron chi connectivity index (χ3n) is 5.34. The summed E-state index contributed by atoms with van der Waals surface area (Å²) in [5.41, 5.74) is 9.12. The van der Waals surface area contributed by atoms with Crippen LogP contribution in [0.15, 0.2) is 47.9 Å². The van der Waals surface area contributed by atoms with Crippen LogP contribution in [0.25, 0.3) is 11.3 Å². The second-order valence-electron chi connectivity index (χ2n) is 6.92. The summed E-state index contributed by atoms with van der Waals surface area (Å²) in [6, 6.07) is 13.1. The quantitative estimate of drug-likeness (QED) is 0.605. The fourth-order valence-corrected chi connectivity index (χ4v) is 3.83. The lowest BCUT2D eigenvalue weighted by Crippen LogP contribution is -2.21. The molecule has 0 amide bonds. The number of nitrogens with zero attached hydrogens (tertiary/aromatic N) is 2. The highest BCUT2D eigenvalue weighted by molar-refractivity contribution is 5.73. The number of rotatable bonds is 6. The third kappa shape index (κ3) is 3.32. The van der Waals surface area contributed by atoms with Gasteiger partial charge in [-0.3, -0.25) is 5.10 Å². The Kier molecular flexibility index (Phi) is 5.52. The van der Waals surface area contributed by atoms with Crippen molar-refractivity contribution in [2.24, 2.45) is 5.73 Å². The van der Waals surface area contributed by atoms with E-state index in [0.29, 0.717) is 39.8 Å². The van der Waals surface area contributed by atoms with E-state index in [1.165, 1.54) is 0 Å². The maximum atomic E-state index is 9.98.